The largest absolute Gasteiger partial charge is 0.494 e. The number of hydrogen-bond donors (Lipinski definition) is 1. The SMILES string of the molecule is CCOc1ccc(NC(=O)COc2c(OC)cc(C)cc2OC)cc1. The molecule has 0 aliphatic rings. The van der Waals surface area contributed by atoms with Crippen molar-refractivity contribution in [1.82, 2.24) is 0 Å². The molecule has 0 aliphatic heterocycles. The molecule has 2 rings (SSSR count). The van der Waals surface area contributed by atoms with Crippen molar-refractivity contribution < 1.29 is 23.7 Å². The van der Waals surface area contributed by atoms with Crippen LogP contribution in [0.4, 0.5) is 5.69 Å². The van der Waals surface area contributed by atoms with E-state index in [0.717, 1.165) is 11.3 Å². The van der Waals surface area contributed by atoms with Crippen molar-refractivity contribution in [2.75, 3.05) is 32.8 Å². The number of rotatable bonds is 8. The Morgan fingerprint density at radius 3 is 2.12 bits per heavy atom. The minimum absolute atomic E-state index is 0.164. The van der Waals surface area contributed by atoms with Crippen molar-refractivity contribution >= 4 is 11.6 Å². The Bertz CT molecular complexity index is 687. The van der Waals surface area contributed by atoms with Crippen LogP contribution < -0.4 is 24.3 Å². The van der Waals surface area contributed by atoms with E-state index in [-0.39, 0.29) is 12.5 Å². The quantitative estimate of drug-likeness (QED) is 0.794. The molecule has 2 aromatic carbocycles. The molecular weight excluding hydrogens is 322 g/mol. The Hall–Kier alpha value is -2.89. The fourth-order valence-electron chi connectivity index (χ4n) is 2.29. The second-order valence-corrected chi connectivity index (χ2v) is 5.29. The molecule has 0 spiro atoms. The summed E-state index contributed by atoms with van der Waals surface area (Å²) in [5, 5.41) is 2.77. The molecule has 0 radical (unpaired) electrons. The summed E-state index contributed by atoms with van der Waals surface area (Å²) >= 11 is 0. The van der Waals surface area contributed by atoms with Gasteiger partial charge in [-0.3, -0.25) is 4.79 Å². The van der Waals surface area contributed by atoms with Crippen LogP contribution in [-0.2, 0) is 4.79 Å². The minimum Gasteiger partial charge on any atom is -0.494 e. The Labute approximate surface area is 147 Å². The number of nitrogens with one attached hydrogen (secondary N) is 1. The number of carbonyl (C=O) groups excluding carboxylic acids is 1. The fraction of sp³-hybridized carbons (Fsp3) is 0.316. The number of carbonyl (C=O) groups is 1. The van der Waals surface area contributed by atoms with E-state index in [1.54, 1.807) is 38.5 Å². The second kappa shape index (κ2) is 8.82. The summed E-state index contributed by atoms with van der Waals surface area (Å²) in [6, 6.07) is 10.8. The lowest BCUT2D eigenvalue weighted by molar-refractivity contribution is -0.118. The zero-order valence-corrected chi connectivity index (χ0v) is 14.9. The smallest absolute Gasteiger partial charge is 0.262 e. The monoisotopic (exact) mass is 345 g/mol. The number of amides is 1. The van der Waals surface area contributed by atoms with Gasteiger partial charge in [0.25, 0.3) is 5.91 Å². The van der Waals surface area contributed by atoms with Crippen molar-refractivity contribution in [2.24, 2.45) is 0 Å². The molecule has 1 N–H and O–H groups in total. The molecular formula is C19H23NO5. The second-order valence-electron chi connectivity index (χ2n) is 5.29. The lowest BCUT2D eigenvalue weighted by Crippen LogP contribution is -2.20. The van der Waals surface area contributed by atoms with E-state index in [1.807, 2.05) is 26.0 Å². The summed E-state index contributed by atoms with van der Waals surface area (Å²) in [5.41, 5.74) is 1.64. The van der Waals surface area contributed by atoms with Gasteiger partial charge in [0.15, 0.2) is 18.1 Å². The van der Waals surface area contributed by atoms with Crippen molar-refractivity contribution in [3.63, 3.8) is 0 Å². The normalized spacial score (nSPS) is 10.1. The van der Waals surface area contributed by atoms with E-state index >= 15 is 0 Å². The molecule has 0 saturated heterocycles. The van der Waals surface area contributed by atoms with Gasteiger partial charge in [0.1, 0.15) is 5.75 Å². The third kappa shape index (κ3) is 5.04. The lowest BCUT2D eigenvalue weighted by atomic mass is 10.2. The van der Waals surface area contributed by atoms with Crippen LogP contribution in [0.1, 0.15) is 12.5 Å². The number of aryl methyl sites for hydroxylation is 1. The summed E-state index contributed by atoms with van der Waals surface area (Å²) in [4.78, 5) is 12.1. The van der Waals surface area contributed by atoms with Crippen molar-refractivity contribution in [3.8, 4) is 23.0 Å². The van der Waals surface area contributed by atoms with Crippen LogP contribution in [0.15, 0.2) is 36.4 Å². The Morgan fingerprint density at radius 2 is 1.60 bits per heavy atom. The summed E-state index contributed by atoms with van der Waals surface area (Å²) in [6.45, 7) is 4.27. The Morgan fingerprint density at radius 1 is 1.00 bits per heavy atom. The molecule has 0 aromatic heterocycles. The molecule has 1 amide bonds. The van der Waals surface area contributed by atoms with Crippen LogP contribution in [0.2, 0.25) is 0 Å². The van der Waals surface area contributed by atoms with E-state index < -0.39 is 0 Å². The molecule has 2 aromatic rings. The molecule has 0 bridgehead atoms. The summed E-state index contributed by atoms with van der Waals surface area (Å²) < 4.78 is 21.6. The highest BCUT2D eigenvalue weighted by Gasteiger charge is 2.14. The van der Waals surface area contributed by atoms with Gasteiger partial charge >= 0.3 is 0 Å². The lowest BCUT2D eigenvalue weighted by Gasteiger charge is -2.15. The fourth-order valence-corrected chi connectivity index (χ4v) is 2.29. The van der Waals surface area contributed by atoms with Crippen LogP contribution in [0, 0.1) is 6.92 Å². The van der Waals surface area contributed by atoms with Crippen molar-refractivity contribution in [2.45, 2.75) is 13.8 Å². The highest BCUT2D eigenvalue weighted by molar-refractivity contribution is 5.92. The minimum atomic E-state index is -0.283. The van der Waals surface area contributed by atoms with E-state index in [0.29, 0.717) is 29.5 Å². The third-order valence-corrected chi connectivity index (χ3v) is 3.40. The molecule has 0 fully saturated rings. The first-order valence-corrected chi connectivity index (χ1v) is 7.95. The summed E-state index contributed by atoms with van der Waals surface area (Å²) in [5.74, 6) is 1.91. The van der Waals surface area contributed by atoms with Gasteiger partial charge in [-0.1, -0.05) is 0 Å². The molecule has 0 saturated carbocycles. The highest BCUT2D eigenvalue weighted by atomic mass is 16.5. The Kier molecular flexibility index (Phi) is 6.51. The summed E-state index contributed by atoms with van der Waals surface area (Å²) in [6.07, 6.45) is 0. The van der Waals surface area contributed by atoms with E-state index in [1.165, 1.54) is 0 Å². The van der Waals surface area contributed by atoms with Gasteiger partial charge in [-0.15, -0.1) is 0 Å². The maximum absolute atomic E-state index is 12.1. The zero-order valence-electron chi connectivity index (χ0n) is 14.9. The molecule has 0 unspecified atom stereocenters. The standard InChI is InChI=1S/C19H23NO5/c1-5-24-15-8-6-14(7-9-15)20-18(21)12-25-19-16(22-3)10-13(2)11-17(19)23-4/h6-11H,5,12H2,1-4H3,(H,20,21). The van der Waals surface area contributed by atoms with Gasteiger partial charge in [-0.05, 0) is 55.8 Å². The maximum atomic E-state index is 12.1. The van der Waals surface area contributed by atoms with Crippen LogP contribution in [0.3, 0.4) is 0 Å². The van der Waals surface area contributed by atoms with Gasteiger partial charge in [-0.2, -0.15) is 0 Å². The molecule has 134 valence electrons. The molecule has 0 atom stereocenters. The number of ether oxygens (including phenoxy) is 4. The van der Waals surface area contributed by atoms with Crippen LogP contribution in [-0.4, -0.2) is 33.3 Å². The van der Waals surface area contributed by atoms with Crippen LogP contribution in [0.5, 0.6) is 23.0 Å². The average Bonchev–Trinajstić information content (AvgIpc) is 2.61. The molecule has 6 nitrogen and oxygen atoms in total. The predicted molar refractivity (Wildman–Crippen MR) is 96.0 cm³/mol. The maximum Gasteiger partial charge on any atom is 0.262 e. The highest BCUT2D eigenvalue weighted by Crippen LogP contribution is 2.38. The van der Waals surface area contributed by atoms with Gasteiger partial charge in [0, 0.05) is 5.69 Å². The molecule has 0 aliphatic carbocycles. The number of methoxy groups -OCH3 is 2. The van der Waals surface area contributed by atoms with Gasteiger partial charge in [-0.25, -0.2) is 0 Å². The van der Waals surface area contributed by atoms with Crippen molar-refractivity contribution in [3.05, 3.63) is 42.0 Å². The number of hydrogen-bond acceptors (Lipinski definition) is 5. The predicted octanol–water partition coefficient (Wildman–Crippen LogP) is 3.43. The van der Waals surface area contributed by atoms with E-state index in [4.69, 9.17) is 18.9 Å². The molecule has 6 heteroatoms. The first kappa shape index (κ1) is 18.4. The number of anilines is 1. The van der Waals surface area contributed by atoms with E-state index in [9.17, 15) is 4.79 Å². The first-order chi connectivity index (χ1) is 12.1. The van der Waals surface area contributed by atoms with Gasteiger partial charge in [0.2, 0.25) is 5.75 Å². The first-order valence-electron chi connectivity index (χ1n) is 7.95. The Balaban J connectivity index is 2.00. The molecule has 0 heterocycles. The topological polar surface area (TPSA) is 66.0 Å². The average molecular weight is 345 g/mol. The third-order valence-electron chi connectivity index (χ3n) is 3.40. The summed E-state index contributed by atoms with van der Waals surface area (Å²) in [7, 11) is 3.09. The van der Waals surface area contributed by atoms with E-state index in [2.05, 4.69) is 5.32 Å². The number of benzene rings is 2. The van der Waals surface area contributed by atoms with Crippen LogP contribution in [0.25, 0.3) is 0 Å². The van der Waals surface area contributed by atoms with Gasteiger partial charge in [0.05, 0.1) is 20.8 Å². The molecule has 25 heavy (non-hydrogen) atoms. The van der Waals surface area contributed by atoms with Crippen molar-refractivity contribution in [1.29, 1.82) is 0 Å². The van der Waals surface area contributed by atoms with Gasteiger partial charge < -0.3 is 24.3 Å². The van der Waals surface area contributed by atoms with Crippen LogP contribution >= 0.6 is 0 Å². The zero-order chi connectivity index (χ0) is 18.2.